The SMILES string of the molecule is COc1cc(COC(=O)Nc2ccc3c(CS(=O)(=O)O)c(S(=O)(=O)O)c(=O)oc3c2)c([N+](=O)[O-])cc1OC. The number of nitrogens with one attached hydrogen (secondary N) is 1. The van der Waals surface area contributed by atoms with Crippen LogP contribution in [0, 0.1) is 10.1 Å². The van der Waals surface area contributed by atoms with Gasteiger partial charge in [0.05, 0.1) is 30.8 Å². The van der Waals surface area contributed by atoms with Gasteiger partial charge in [0.25, 0.3) is 15.8 Å². The zero-order valence-corrected chi connectivity index (χ0v) is 21.0. The van der Waals surface area contributed by atoms with Crippen LogP contribution in [0.25, 0.3) is 11.0 Å². The van der Waals surface area contributed by atoms with E-state index in [9.17, 15) is 45.6 Å². The van der Waals surface area contributed by atoms with Crippen molar-refractivity contribution in [2.45, 2.75) is 17.3 Å². The zero-order valence-electron chi connectivity index (χ0n) is 19.4. The molecular weight excluding hydrogens is 556 g/mol. The summed E-state index contributed by atoms with van der Waals surface area (Å²) >= 11 is 0. The lowest BCUT2D eigenvalue weighted by Crippen LogP contribution is -2.19. The van der Waals surface area contributed by atoms with Crippen molar-refractivity contribution >= 4 is 48.7 Å². The first-order chi connectivity index (χ1) is 17.6. The fraction of sp³-hybridized carbons (Fsp3) is 0.200. The van der Waals surface area contributed by atoms with E-state index in [-0.39, 0.29) is 28.1 Å². The molecule has 0 atom stereocenters. The minimum absolute atomic E-state index is 0.0279. The predicted molar refractivity (Wildman–Crippen MR) is 128 cm³/mol. The van der Waals surface area contributed by atoms with Gasteiger partial charge in [0, 0.05) is 22.7 Å². The number of hydrogen-bond donors (Lipinski definition) is 3. The van der Waals surface area contributed by atoms with E-state index in [1.807, 2.05) is 0 Å². The van der Waals surface area contributed by atoms with Crippen LogP contribution in [0.15, 0.2) is 44.4 Å². The molecule has 0 aliphatic heterocycles. The lowest BCUT2D eigenvalue weighted by molar-refractivity contribution is -0.385. The first kappa shape index (κ1) is 28.3. The van der Waals surface area contributed by atoms with E-state index >= 15 is 0 Å². The van der Waals surface area contributed by atoms with Crippen molar-refractivity contribution in [1.82, 2.24) is 0 Å². The number of nitro groups is 1. The molecular formula is C20H18N2O14S2. The van der Waals surface area contributed by atoms with Crippen molar-refractivity contribution in [3.63, 3.8) is 0 Å². The van der Waals surface area contributed by atoms with Crippen molar-refractivity contribution in [3.8, 4) is 11.5 Å². The number of carbonyl (C=O) groups is 1. The Hall–Kier alpha value is -4.26. The van der Waals surface area contributed by atoms with Crippen molar-refractivity contribution in [3.05, 3.63) is 62.0 Å². The second-order valence-corrected chi connectivity index (χ2v) is 10.2. The van der Waals surface area contributed by atoms with Gasteiger partial charge in [-0.2, -0.15) is 16.8 Å². The van der Waals surface area contributed by atoms with Gasteiger partial charge in [0.15, 0.2) is 16.4 Å². The van der Waals surface area contributed by atoms with E-state index in [2.05, 4.69) is 5.32 Å². The molecule has 204 valence electrons. The summed E-state index contributed by atoms with van der Waals surface area (Å²) in [6.07, 6.45) is -1.11. The molecule has 0 spiro atoms. The third-order valence-corrected chi connectivity index (χ3v) is 6.52. The maximum absolute atomic E-state index is 12.3. The molecule has 1 amide bonds. The van der Waals surface area contributed by atoms with Crippen LogP contribution >= 0.6 is 0 Å². The highest BCUT2D eigenvalue weighted by atomic mass is 32.2. The average Bonchev–Trinajstić information content (AvgIpc) is 2.79. The highest BCUT2D eigenvalue weighted by molar-refractivity contribution is 7.86. The Morgan fingerprint density at radius 1 is 1.08 bits per heavy atom. The van der Waals surface area contributed by atoms with Crippen LogP contribution in [0.1, 0.15) is 11.1 Å². The fourth-order valence-electron chi connectivity index (χ4n) is 3.41. The number of amides is 1. The Kier molecular flexibility index (Phi) is 7.91. The van der Waals surface area contributed by atoms with Gasteiger partial charge in [0.2, 0.25) is 0 Å². The Morgan fingerprint density at radius 2 is 1.71 bits per heavy atom. The Balaban J connectivity index is 1.91. The maximum atomic E-state index is 12.3. The molecule has 3 aromatic rings. The zero-order chi connectivity index (χ0) is 28.4. The molecule has 0 aliphatic rings. The van der Waals surface area contributed by atoms with Gasteiger partial charge in [-0.05, 0) is 18.2 Å². The molecule has 0 saturated heterocycles. The van der Waals surface area contributed by atoms with E-state index in [0.29, 0.717) is 0 Å². The van der Waals surface area contributed by atoms with Crippen molar-refractivity contribution in [2.24, 2.45) is 0 Å². The number of methoxy groups -OCH3 is 2. The van der Waals surface area contributed by atoms with E-state index in [0.717, 1.165) is 24.3 Å². The summed E-state index contributed by atoms with van der Waals surface area (Å²) in [4.78, 5) is 33.8. The quantitative estimate of drug-likeness (QED) is 0.144. The minimum Gasteiger partial charge on any atom is -0.493 e. The van der Waals surface area contributed by atoms with Gasteiger partial charge in [0.1, 0.15) is 17.9 Å². The Labute approximate surface area is 213 Å². The van der Waals surface area contributed by atoms with Crippen molar-refractivity contribution < 1.29 is 54.3 Å². The largest absolute Gasteiger partial charge is 0.493 e. The molecule has 3 rings (SSSR count). The standard InChI is InChI=1S/C20H18N2O14S2/c1-33-16-5-10(14(22(25)26)7-17(16)34-2)8-35-20(24)21-11-3-4-12-13(9-37(27,28)29)18(38(30,31)32)19(23)36-15(12)6-11/h3-7H,8-9H2,1-2H3,(H,21,24)(H,27,28,29)(H,30,31,32). The fourth-order valence-corrected chi connectivity index (χ4v) is 4.91. The van der Waals surface area contributed by atoms with E-state index in [1.165, 1.54) is 20.3 Å². The molecule has 0 saturated carbocycles. The van der Waals surface area contributed by atoms with Crippen LogP contribution in [-0.4, -0.2) is 51.2 Å². The highest BCUT2D eigenvalue weighted by Crippen LogP contribution is 2.35. The number of ether oxygens (including phenoxy) is 3. The molecule has 16 nitrogen and oxygen atoms in total. The summed E-state index contributed by atoms with van der Waals surface area (Å²) in [5, 5.41) is 13.4. The highest BCUT2D eigenvalue weighted by Gasteiger charge is 2.28. The molecule has 2 aromatic carbocycles. The van der Waals surface area contributed by atoms with Crippen molar-refractivity contribution in [2.75, 3.05) is 19.5 Å². The number of carbonyl (C=O) groups excluding carboxylic acids is 1. The number of nitro benzene ring substituents is 1. The van der Waals surface area contributed by atoms with E-state index < -0.39 is 71.0 Å². The number of fused-ring (bicyclic) bond motifs is 1. The Bertz CT molecular complexity index is 1710. The monoisotopic (exact) mass is 574 g/mol. The normalized spacial score (nSPS) is 11.7. The first-order valence-electron chi connectivity index (χ1n) is 10.00. The molecule has 0 radical (unpaired) electrons. The number of hydrogen-bond acceptors (Lipinski definition) is 12. The summed E-state index contributed by atoms with van der Waals surface area (Å²) in [6, 6.07) is 5.55. The molecule has 0 aliphatic carbocycles. The lowest BCUT2D eigenvalue weighted by Gasteiger charge is -2.12. The molecule has 1 aromatic heterocycles. The second kappa shape index (κ2) is 10.6. The predicted octanol–water partition coefficient (Wildman–Crippen LogP) is 2.10. The molecule has 3 N–H and O–H groups in total. The van der Waals surface area contributed by atoms with Gasteiger partial charge in [-0.25, -0.2) is 9.59 Å². The number of rotatable bonds is 9. The molecule has 0 fully saturated rings. The summed E-state index contributed by atoms with van der Waals surface area (Å²) in [5.74, 6) is -1.12. The third-order valence-electron chi connectivity index (χ3n) is 4.94. The van der Waals surface area contributed by atoms with Gasteiger partial charge in [-0.15, -0.1) is 0 Å². The number of anilines is 1. The first-order valence-corrected chi connectivity index (χ1v) is 13.0. The maximum Gasteiger partial charge on any atom is 0.411 e. The van der Waals surface area contributed by atoms with Gasteiger partial charge in [-0.3, -0.25) is 24.5 Å². The van der Waals surface area contributed by atoms with Gasteiger partial charge in [-0.1, -0.05) is 0 Å². The van der Waals surface area contributed by atoms with Gasteiger partial charge < -0.3 is 18.6 Å². The lowest BCUT2D eigenvalue weighted by atomic mass is 10.1. The topological polar surface area (TPSA) is 239 Å². The smallest absolute Gasteiger partial charge is 0.411 e. The Morgan fingerprint density at radius 3 is 2.26 bits per heavy atom. The van der Waals surface area contributed by atoms with E-state index in [1.54, 1.807) is 0 Å². The van der Waals surface area contributed by atoms with Crippen LogP contribution in [0.4, 0.5) is 16.2 Å². The number of nitrogens with zero attached hydrogens (tertiary/aromatic N) is 1. The molecule has 38 heavy (non-hydrogen) atoms. The van der Waals surface area contributed by atoms with Crippen LogP contribution < -0.4 is 20.4 Å². The van der Waals surface area contributed by atoms with Crippen LogP contribution in [-0.2, 0) is 37.3 Å². The van der Waals surface area contributed by atoms with Crippen molar-refractivity contribution in [1.29, 1.82) is 0 Å². The molecule has 0 unspecified atom stereocenters. The molecule has 18 heteroatoms. The molecule has 1 heterocycles. The van der Waals surface area contributed by atoms with Crippen LogP contribution in [0.2, 0.25) is 0 Å². The summed E-state index contributed by atoms with van der Waals surface area (Å²) in [7, 11) is -7.52. The summed E-state index contributed by atoms with van der Waals surface area (Å²) < 4.78 is 84.6. The minimum atomic E-state index is -5.25. The van der Waals surface area contributed by atoms with Crippen LogP contribution in [0.3, 0.4) is 0 Å². The van der Waals surface area contributed by atoms with E-state index in [4.69, 9.17) is 18.6 Å². The summed E-state index contributed by atoms with van der Waals surface area (Å²) in [6.45, 7) is -0.568. The summed E-state index contributed by atoms with van der Waals surface area (Å²) in [5.41, 5.74) is -3.31. The van der Waals surface area contributed by atoms with Crippen LogP contribution in [0.5, 0.6) is 11.5 Å². The average molecular weight is 574 g/mol. The molecule has 0 bridgehead atoms. The number of benzene rings is 2. The second-order valence-electron chi connectivity index (χ2n) is 7.40. The van der Waals surface area contributed by atoms with Gasteiger partial charge >= 0.3 is 21.8 Å². The third kappa shape index (κ3) is 6.35.